The van der Waals surface area contributed by atoms with Gasteiger partial charge in [0.25, 0.3) is 0 Å². The normalized spacial score (nSPS) is 11.9. The van der Waals surface area contributed by atoms with Crippen LogP contribution in [0.25, 0.3) is 10.3 Å². The third kappa shape index (κ3) is 2.02. The maximum Gasteiger partial charge on any atom is 0.419 e. The van der Waals surface area contributed by atoms with Gasteiger partial charge >= 0.3 is 6.09 Å². The van der Waals surface area contributed by atoms with Gasteiger partial charge in [-0.05, 0) is 26.8 Å². The van der Waals surface area contributed by atoms with Crippen molar-refractivity contribution in [1.29, 1.82) is 0 Å². The van der Waals surface area contributed by atoms with Gasteiger partial charge in [-0.2, -0.15) is 0 Å². The number of carbonyl (C=O) groups excluding carboxylic acids is 1. The zero-order chi connectivity index (χ0) is 11.1. The molecule has 0 aromatic carbocycles. The predicted octanol–water partition coefficient (Wildman–Crippen LogP) is 2.88. The molecule has 0 aliphatic rings. The summed E-state index contributed by atoms with van der Waals surface area (Å²) in [6.45, 7) is 5.54. The summed E-state index contributed by atoms with van der Waals surface area (Å²) in [6, 6.07) is 1.80. The van der Waals surface area contributed by atoms with Crippen LogP contribution < -0.4 is 0 Å². The molecule has 15 heavy (non-hydrogen) atoms. The van der Waals surface area contributed by atoms with E-state index in [1.165, 1.54) is 15.9 Å². The van der Waals surface area contributed by atoms with Crippen LogP contribution in [0.2, 0.25) is 0 Å². The largest absolute Gasteiger partial charge is 0.443 e. The lowest BCUT2D eigenvalue weighted by Crippen LogP contribution is -2.26. The Balaban J connectivity index is 2.32. The summed E-state index contributed by atoms with van der Waals surface area (Å²) in [5.41, 5.74) is 2.06. The van der Waals surface area contributed by atoms with E-state index >= 15 is 0 Å². The molecule has 0 fully saturated rings. The maximum absolute atomic E-state index is 11.8. The highest BCUT2D eigenvalue weighted by atomic mass is 32.1. The summed E-state index contributed by atoms with van der Waals surface area (Å²) >= 11 is 1.43. The van der Waals surface area contributed by atoms with Crippen LogP contribution in [0.1, 0.15) is 20.8 Å². The van der Waals surface area contributed by atoms with E-state index in [2.05, 4.69) is 4.98 Å². The van der Waals surface area contributed by atoms with Gasteiger partial charge in [0, 0.05) is 6.20 Å². The number of thiazole rings is 1. The molecule has 0 atom stereocenters. The lowest BCUT2D eigenvalue weighted by Gasteiger charge is -2.19. The Kier molecular flexibility index (Phi) is 2.26. The van der Waals surface area contributed by atoms with Crippen molar-refractivity contribution in [2.75, 3.05) is 0 Å². The van der Waals surface area contributed by atoms with Gasteiger partial charge in [0.05, 0.1) is 5.51 Å². The predicted molar refractivity (Wildman–Crippen MR) is 59.2 cm³/mol. The van der Waals surface area contributed by atoms with Crippen LogP contribution in [0.4, 0.5) is 4.79 Å². The Morgan fingerprint density at radius 1 is 1.53 bits per heavy atom. The molecule has 0 unspecified atom stereocenters. The van der Waals surface area contributed by atoms with Gasteiger partial charge in [-0.3, -0.25) is 0 Å². The number of fused-ring (bicyclic) bond motifs is 1. The first-order valence-electron chi connectivity index (χ1n) is 4.61. The standard InChI is InChI=1S/C10H12N2O2S/c1-10(2,3)14-9(13)12-5-4-7-8(12)15-6-11-7/h4-6H,1-3H3. The minimum atomic E-state index is -0.474. The number of nitrogens with zero attached hydrogens (tertiary/aromatic N) is 2. The molecule has 0 aliphatic carbocycles. The molecule has 0 N–H and O–H groups in total. The third-order valence-electron chi connectivity index (χ3n) is 1.77. The quantitative estimate of drug-likeness (QED) is 0.691. The first-order chi connectivity index (χ1) is 6.97. The van der Waals surface area contributed by atoms with Crippen molar-refractivity contribution in [3.05, 3.63) is 17.8 Å². The van der Waals surface area contributed by atoms with Crippen LogP contribution in [-0.2, 0) is 4.74 Å². The summed E-state index contributed by atoms with van der Waals surface area (Å²) < 4.78 is 6.75. The van der Waals surface area contributed by atoms with Crippen LogP contribution in [0.15, 0.2) is 17.8 Å². The van der Waals surface area contributed by atoms with Gasteiger partial charge in [-0.15, -0.1) is 11.3 Å². The molecule has 5 heteroatoms. The molecule has 0 spiro atoms. The maximum atomic E-state index is 11.8. The summed E-state index contributed by atoms with van der Waals surface area (Å²) in [7, 11) is 0. The number of carbonyl (C=O) groups is 1. The fourth-order valence-corrected chi connectivity index (χ4v) is 1.97. The highest BCUT2D eigenvalue weighted by Crippen LogP contribution is 2.20. The summed E-state index contributed by atoms with van der Waals surface area (Å²) in [6.07, 6.45) is 1.32. The second-order valence-electron chi connectivity index (χ2n) is 4.21. The van der Waals surface area contributed by atoms with E-state index in [-0.39, 0.29) is 6.09 Å². The molecule has 2 heterocycles. The van der Waals surface area contributed by atoms with Crippen LogP contribution in [0.5, 0.6) is 0 Å². The molecule has 2 rings (SSSR count). The molecular weight excluding hydrogens is 212 g/mol. The van der Waals surface area contributed by atoms with Crippen molar-refractivity contribution in [2.24, 2.45) is 0 Å². The Bertz CT molecular complexity index is 493. The Hall–Kier alpha value is -1.36. The topological polar surface area (TPSA) is 44.1 Å². The van der Waals surface area contributed by atoms with Crippen molar-refractivity contribution in [2.45, 2.75) is 26.4 Å². The summed E-state index contributed by atoms with van der Waals surface area (Å²) in [5.74, 6) is 0. The zero-order valence-electron chi connectivity index (χ0n) is 8.85. The van der Waals surface area contributed by atoms with Gasteiger partial charge in [0.1, 0.15) is 15.9 Å². The summed E-state index contributed by atoms with van der Waals surface area (Å²) in [4.78, 5) is 16.7. The fourth-order valence-electron chi connectivity index (χ4n) is 1.21. The Morgan fingerprint density at radius 2 is 2.27 bits per heavy atom. The van der Waals surface area contributed by atoms with Crippen molar-refractivity contribution in [3.63, 3.8) is 0 Å². The van der Waals surface area contributed by atoms with Crippen LogP contribution in [0.3, 0.4) is 0 Å². The lowest BCUT2D eigenvalue weighted by molar-refractivity contribution is 0.0545. The molecule has 2 aromatic rings. The van der Waals surface area contributed by atoms with Crippen LogP contribution >= 0.6 is 11.3 Å². The van der Waals surface area contributed by atoms with Crippen LogP contribution in [-0.4, -0.2) is 21.2 Å². The van der Waals surface area contributed by atoms with E-state index in [0.29, 0.717) is 0 Å². The average molecular weight is 224 g/mol. The number of hydrogen-bond donors (Lipinski definition) is 0. The number of aromatic nitrogens is 2. The second kappa shape index (κ2) is 3.34. The number of hydrogen-bond acceptors (Lipinski definition) is 4. The van der Waals surface area contributed by atoms with E-state index < -0.39 is 5.60 Å². The van der Waals surface area contributed by atoms with E-state index in [4.69, 9.17) is 4.74 Å². The number of rotatable bonds is 0. The van der Waals surface area contributed by atoms with Gasteiger partial charge in [0.2, 0.25) is 0 Å². The second-order valence-corrected chi connectivity index (χ2v) is 5.04. The van der Waals surface area contributed by atoms with E-state index in [0.717, 1.165) is 10.3 Å². The third-order valence-corrected chi connectivity index (χ3v) is 2.61. The minimum Gasteiger partial charge on any atom is -0.443 e. The lowest BCUT2D eigenvalue weighted by atomic mass is 10.2. The van der Waals surface area contributed by atoms with E-state index in [1.54, 1.807) is 17.8 Å². The van der Waals surface area contributed by atoms with Crippen molar-refractivity contribution in [3.8, 4) is 0 Å². The van der Waals surface area contributed by atoms with E-state index in [9.17, 15) is 4.79 Å². The van der Waals surface area contributed by atoms with Gasteiger partial charge in [-0.1, -0.05) is 0 Å². The summed E-state index contributed by atoms with van der Waals surface area (Å²) in [5, 5.41) is 0. The fraction of sp³-hybridized carbons (Fsp3) is 0.400. The molecule has 0 saturated heterocycles. The highest BCUT2D eigenvalue weighted by molar-refractivity contribution is 7.16. The molecule has 0 radical (unpaired) electrons. The first-order valence-corrected chi connectivity index (χ1v) is 5.49. The monoisotopic (exact) mass is 224 g/mol. The Labute approximate surface area is 91.5 Å². The van der Waals surface area contributed by atoms with Gasteiger partial charge in [-0.25, -0.2) is 14.3 Å². The Morgan fingerprint density at radius 3 is 2.93 bits per heavy atom. The molecule has 2 aromatic heterocycles. The van der Waals surface area contributed by atoms with Crippen molar-refractivity contribution < 1.29 is 9.53 Å². The van der Waals surface area contributed by atoms with Crippen LogP contribution in [0, 0.1) is 0 Å². The average Bonchev–Trinajstić information content (AvgIpc) is 2.57. The smallest absolute Gasteiger partial charge is 0.419 e. The first kappa shape index (κ1) is 10.2. The van der Waals surface area contributed by atoms with Gasteiger partial charge < -0.3 is 4.74 Å². The molecular formula is C10H12N2O2S. The molecule has 0 amide bonds. The van der Waals surface area contributed by atoms with Gasteiger partial charge in [0.15, 0.2) is 0 Å². The van der Waals surface area contributed by atoms with Crippen molar-refractivity contribution in [1.82, 2.24) is 9.55 Å². The highest BCUT2D eigenvalue weighted by Gasteiger charge is 2.19. The van der Waals surface area contributed by atoms with Crippen molar-refractivity contribution >= 4 is 27.8 Å². The molecule has 0 saturated carbocycles. The zero-order valence-corrected chi connectivity index (χ0v) is 9.67. The molecule has 0 bridgehead atoms. The molecule has 4 nitrogen and oxygen atoms in total. The molecule has 0 aliphatic heterocycles. The SMILES string of the molecule is CC(C)(C)OC(=O)n1ccc2ncsc21. The number of ether oxygens (including phenoxy) is 1. The molecule has 80 valence electrons. The van der Waals surface area contributed by atoms with E-state index in [1.807, 2.05) is 20.8 Å². The minimum absolute atomic E-state index is 0.359.